The number of aryl methyl sites for hydroxylation is 3. The van der Waals surface area contributed by atoms with E-state index in [1.165, 1.54) is 11.3 Å². The van der Waals surface area contributed by atoms with Gasteiger partial charge < -0.3 is 10.5 Å². The molecular formula is C14H19N3O2S. The molecule has 2 rings (SSSR count). The van der Waals surface area contributed by atoms with Crippen molar-refractivity contribution >= 4 is 23.0 Å². The fourth-order valence-corrected chi connectivity index (χ4v) is 2.72. The SMILES string of the molecule is CCc1cc(COC(=O)c2cc(N)c(C)s2)n(CC)n1. The number of anilines is 1. The zero-order valence-corrected chi connectivity index (χ0v) is 12.8. The van der Waals surface area contributed by atoms with Gasteiger partial charge in [-0.05, 0) is 32.4 Å². The summed E-state index contributed by atoms with van der Waals surface area (Å²) in [5, 5.41) is 4.42. The molecule has 20 heavy (non-hydrogen) atoms. The molecule has 0 aliphatic carbocycles. The van der Waals surface area contributed by atoms with Gasteiger partial charge in [0.15, 0.2) is 0 Å². The Balaban J connectivity index is 2.04. The average molecular weight is 293 g/mol. The summed E-state index contributed by atoms with van der Waals surface area (Å²) in [5.74, 6) is -0.336. The lowest BCUT2D eigenvalue weighted by Crippen LogP contribution is -2.08. The van der Waals surface area contributed by atoms with Gasteiger partial charge in [-0.25, -0.2) is 4.79 Å². The van der Waals surface area contributed by atoms with Crippen LogP contribution in [0.4, 0.5) is 5.69 Å². The van der Waals surface area contributed by atoms with Crippen LogP contribution in [0.3, 0.4) is 0 Å². The summed E-state index contributed by atoms with van der Waals surface area (Å²) in [4.78, 5) is 13.4. The van der Waals surface area contributed by atoms with E-state index < -0.39 is 0 Å². The molecule has 0 aromatic carbocycles. The molecule has 0 saturated heterocycles. The largest absolute Gasteiger partial charge is 0.455 e. The van der Waals surface area contributed by atoms with Crippen LogP contribution in [-0.2, 0) is 24.3 Å². The first-order valence-corrected chi connectivity index (χ1v) is 7.45. The number of thiophene rings is 1. The van der Waals surface area contributed by atoms with Crippen molar-refractivity contribution in [1.29, 1.82) is 0 Å². The van der Waals surface area contributed by atoms with Crippen LogP contribution >= 0.6 is 11.3 Å². The van der Waals surface area contributed by atoms with E-state index in [1.54, 1.807) is 6.07 Å². The van der Waals surface area contributed by atoms with Crippen LogP contribution in [-0.4, -0.2) is 15.7 Å². The molecule has 0 saturated carbocycles. The van der Waals surface area contributed by atoms with E-state index in [-0.39, 0.29) is 12.6 Å². The molecular weight excluding hydrogens is 274 g/mol. The maximum atomic E-state index is 12.0. The minimum atomic E-state index is -0.336. The highest BCUT2D eigenvalue weighted by atomic mass is 32.1. The Morgan fingerprint density at radius 2 is 2.20 bits per heavy atom. The third-order valence-corrected chi connectivity index (χ3v) is 4.13. The molecule has 0 aliphatic rings. The van der Waals surface area contributed by atoms with Crippen LogP contribution in [0.1, 0.15) is 39.8 Å². The fraction of sp³-hybridized carbons (Fsp3) is 0.429. The highest BCUT2D eigenvalue weighted by molar-refractivity contribution is 7.14. The van der Waals surface area contributed by atoms with Crippen LogP contribution in [0, 0.1) is 6.92 Å². The molecule has 0 unspecified atom stereocenters. The Bertz CT molecular complexity index is 596. The van der Waals surface area contributed by atoms with E-state index >= 15 is 0 Å². The Morgan fingerprint density at radius 1 is 1.45 bits per heavy atom. The number of carbonyl (C=O) groups is 1. The molecule has 2 N–H and O–H groups in total. The first kappa shape index (κ1) is 14.6. The summed E-state index contributed by atoms with van der Waals surface area (Å²) < 4.78 is 7.20. The molecule has 0 spiro atoms. The summed E-state index contributed by atoms with van der Waals surface area (Å²) in [5.41, 5.74) is 8.30. The Labute approximate surface area is 122 Å². The van der Waals surface area contributed by atoms with Crippen molar-refractivity contribution < 1.29 is 9.53 Å². The number of esters is 1. The second-order valence-electron chi connectivity index (χ2n) is 4.49. The van der Waals surface area contributed by atoms with Crippen molar-refractivity contribution in [3.8, 4) is 0 Å². The van der Waals surface area contributed by atoms with Gasteiger partial charge in [0.25, 0.3) is 0 Å². The highest BCUT2D eigenvalue weighted by Crippen LogP contribution is 2.24. The van der Waals surface area contributed by atoms with E-state index in [1.807, 2.05) is 24.6 Å². The van der Waals surface area contributed by atoms with Gasteiger partial charge >= 0.3 is 5.97 Å². The first-order chi connectivity index (χ1) is 9.55. The highest BCUT2D eigenvalue weighted by Gasteiger charge is 2.14. The van der Waals surface area contributed by atoms with Gasteiger partial charge in [-0.15, -0.1) is 11.3 Å². The van der Waals surface area contributed by atoms with Gasteiger partial charge in [-0.3, -0.25) is 4.68 Å². The Kier molecular flexibility index (Phi) is 4.44. The van der Waals surface area contributed by atoms with Crippen LogP contribution in [0.2, 0.25) is 0 Å². The third kappa shape index (κ3) is 3.01. The summed E-state index contributed by atoms with van der Waals surface area (Å²) >= 11 is 1.36. The molecule has 5 nitrogen and oxygen atoms in total. The molecule has 0 fully saturated rings. The lowest BCUT2D eigenvalue weighted by Gasteiger charge is -2.05. The number of rotatable bonds is 5. The molecule has 108 valence electrons. The smallest absolute Gasteiger partial charge is 0.348 e. The zero-order valence-electron chi connectivity index (χ0n) is 12.0. The average Bonchev–Trinajstić information content (AvgIpc) is 3.00. The summed E-state index contributed by atoms with van der Waals surface area (Å²) in [6.07, 6.45) is 0.870. The van der Waals surface area contributed by atoms with Crippen molar-refractivity contribution in [3.05, 3.63) is 33.3 Å². The van der Waals surface area contributed by atoms with Gasteiger partial charge in [0, 0.05) is 17.1 Å². The van der Waals surface area contributed by atoms with Crippen molar-refractivity contribution in [2.24, 2.45) is 0 Å². The van der Waals surface area contributed by atoms with Crippen LogP contribution in [0.25, 0.3) is 0 Å². The third-order valence-electron chi connectivity index (χ3n) is 3.08. The topological polar surface area (TPSA) is 70.1 Å². The number of nitrogens with zero attached hydrogens (tertiary/aromatic N) is 2. The molecule has 2 heterocycles. The first-order valence-electron chi connectivity index (χ1n) is 6.63. The predicted octanol–water partition coefficient (Wildman–Crippen LogP) is 2.77. The van der Waals surface area contributed by atoms with E-state index in [0.717, 1.165) is 29.2 Å². The van der Waals surface area contributed by atoms with E-state index in [4.69, 9.17) is 10.5 Å². The minimum Gasteiger partial charge on any atom is -0.455 e. The van der Waals surface area contributed by atoms with Crippen molar-refractivity contribution in [2.45, 2.75) is 40.3 Å². The molecule has 2 aromatic rings. The second kappa shape index (κ2) is 6.09. The maximum absolute atomic E-state index is 12.0. The molecule has 2 aromatic heterocycles. The van der Waals surface area contributed by atoms with Gasteiger partial charge in [-0.1, -0.05) is 6.92 Å². The number of nitrogen functional groups attached to an aromatic ring is 1. The van der Waals surface area contributed by atoms with Gasteiger partial charge in [0.1, 0.15) is 11.5 Å². The second-order valence-corrected chi connectivity index (χ2v) is 5.75. The standard InChI is InChI=1S/C14H19N3O2S/c1-4-10-6-11(17(5-2)16-10)8-19-14(18)13-7-12(15)9(3)20-13/h6-7H,4-5,8,15H2,1-3H3. The molecule has 6 heteroatoms. The normalized spacial score (nSPS) is 10.8. The summed E-state index contributed by atoms with van der Waals surface area (Å²) in [7, 11) is 0. The summed E-state index contributed by atoms with van der Waals surface area (Å²) in [6, 6.07) is 3.64. The Morgan fingerprint density at radius 3 is 2.75 bits per heavy atom. The molecule has 0 radical (unpaired) electrons. The monoisotopic (exact) mass is 293 g/mol. The minimum absolute atomic E-state index is 0.233. The molecule has 0 aliphatic heterocycles. The number of hydrogen-bond donors (Lipinski definition) is 1. The van der Waals surface area contributed by atoms with E-state index in [2.05, 4.69) is 12.0 Å². The van der Waals surface area contributed by atoms with E-state index in [0.29, 0.717) is 10.6 Å². The maximum Gasteiger partial charge on any atom is 0.348 e. The van der Waals surface area contributed by atoms with Crippen LogP contribution in [0.5, 0.6) is 0 Å². The number of nitrogens with two attached hydrogens (primary N) is 1. The quantitative estimate of drug-likeness (QED) is 0.861. The van der Waals surface area contributed by atoms with Crippen LogP contribution in [0.15, 0.2) is 12.1 Å². The zero-order chi connectivity index (χ0) is 14.7. The van der Waals surface area contributed by atoms with Crippen molar-refractivity contribution in [3.63, 3.8) is 0 Å². The lowest BCUT2D eigenvalue weighted by molar-refractivity contribution is 0.0468. The van der Waals surface area contributed by atoms with E-state index in [9.17, 15) is 4.79 Å². The predicted molar refractivity (Wildman–Crippen MR) is 79.9 cm³/mol. The fourth-order valence-electron chi connectivity index (χ4n) is 1.89. The molecule has 0 amide bonds. The number of ether oxygens (including phenoxy) is 1. The number of aromatic nitrogens is 2. The van der Waals surface area contributed by atoms with Gasteiger partial charge in [-0.2, -0.15) is 5.10 Å². The number of carbonyl (C=O) groups excluding carboxylic acids is 1. The van der Waals surface area contributed by atoms with Gasteiger partial charge in [0.2, 0.25) is 0 Å². The molecule has 0 atom stereocenters. The lowest BCUT2D eigenvalue weighted by atomic mass is 10.3. The van der Waals surface area contributed by atoms with Crippen molar-refractivity contribution in [2.75, 3.05) is 5.73 Å². The van der Waals surface area contributed by atoms with Gasteiger partial charge in [0.05, 0.1) is 11.4 Å². The van der Waals surface area contributed by atoms with Crippen molar-refractivity contribution in [1.82, 2.24) is 9.78 Å². The van der Waals surface area contributed by atoms with Crippen LogP contribution < -0.4 is 5.73 Å². The molecule has 0 bridgehead atoms. The Hall–Kier alpha value is -1.82. The number of hydrogen-bond acceptors (Lipinski definition) is 5. The summed E-state index contributed by atoms with van der Waals surface area (Å²) in [6.45, 7) is 6.95.